The lowest BCUT2D eigenvalue weighted by Gasteiger charge is -2.42. The van der Waals surface area contributed by atoms with Crippen LogP contribution >= 0.6 is 15.9 Å². The van der Waals surface area contributed by atoms with Gasteiger partial charge in [0, 0.05) is 18.9 Å². The van der Waals surface area contributed by atoms with Crippen LogP contribution in [-0.2, 0) is 11.2 Å². The Morgan fingerprint density at radius 2 is 1.86 bits per heavy atom. The van der Waals surface area contributed by atoms with Gasteiger partial charge >= 0.3 is 0 Å². The Kier molecular flexibility index (Phi) is 7.34. The van der Waals surface area contributed by atoms with E-state index in [-0.39, 0.29) is 34.7 Å². The third-order valence-electron chi connectivity index (χ3n) is 6.83. The lowest BCUT2D eigenvalue weighted by atomic mass is 9.63. The minimum atomic E-state index is -2.04. The van der Waals surface area contributed by atoms with Crippen LogP contribution in [0.2, 0.25) is 18.1 Å². The Morgan fingerprint density at radius 3 is 2.34 bits per heavy atom. The number of hydrogen-bond acceptors (Lipinski definition) is 4. The van der Waals surface area contributed by atoms with Gasteiger partial charge in [-0.25, -0.2) is 0 Å². The van der Waals surface area contributed by atoms with Crippen LogP contribution in [0.15, 0.2) is 16.6 Å². The number of ether oxygens (including phenoxy) is 1. The van der Waals surface area contributed by atoms with E-state index in [1.165, 1.54) is 0 Å². The zero-order valence-electron chi connectivity index (χ0n) is 19.2. The van der Waals surface area contributed by atoms with Crippen LogP contribution in [0, 0.1) is 17.3 Å². The van der Waals surface area contributed by atoms with Crippen molar-refractivity contribution < 1.29 is 19.1 Å². The Hall–Kier alpha value is -0.853. The van der Waals surface area contributed by atoms with Gasteiger partial charge in [0.05, 0.1) is 11.6 Å². The maximum atomic E-state index is 13.0. The highest BCUT2D eigenvalue weighted by atomic mass is 79.9. The van der Waals surface area contributed by atoms with Crippen LogP contribution in [-0.4, -0.2) is 32.9 Å². The van der Waals surface area contributed by atoms with Crippen molar-refractivity contribution in [2.75, 3.05) is 13.7 Å². The number of carbonyl (C=O) groups is 1. The van der Waals surface area contributed by atoms with E-state index >= 15 is 0 Å². The highest BCUT2D eigenvalue weighted by Crippen LogP contribution is 2.46. The Balaban J connectivity index is 2.44. The summed E-state index contributed by atoms with van der Waals surface area (Å²) in [6.45, 7) is 15.5. The van der Waals surface area contributed by atoms with Gasteiger partial charge in [0.1, 0.15) is 17.3 Å². The molecule has 0 saturated heterocycles. The van der Waals surface area contributed by atoms with Gasteiger partial charge in [-0.15, -0.1) is 0 Å². The molecule has 4 nitrogen and oxygen atoms in total. The maximum Gasteiger partial charge on any atom is 0.250 e. The predicted molar refractivity (Wildman–Crippen MR) is 124 cm³/mol. The van der Waals surface area contributed by atoms with Crippen LogP contribution in [0.4, 0.5) is 0 Å². The highest BCUT2D eigenvalue weighted by molar-refractivity contribution is 9.10. The number of ketones is 1. The number of methoxy groups -OCH3 is 1. The summed E-state index contributed by atoms with van der Waals surface area (Å²) < 4.78 is 13.1. The summed E-state index contributed by atoms with van der Waals surface area (Å²) in [5, 5.41) is 9.65. The summed E-state index contributed by atoms with van der Waals surface area (Å²) >= 11 is 3.59. The standard InChI is InChI=1S/C23H37BrO4Si/c1-22(2,3)29(7,8)28-20-12-18(24)21(27-6)11-16(20)10-17-19(26)9-15(14-25)13-23(17,4)5/h11-12,15,17,25H,9-10,13-14H2,1-8H3. The molecule has 1 aliphatic carbocycles. The molecule has 2 atom stereocenters. The van der Waals surface area contributed by atoms with Crippen molar-refractivity contribution in [1.29, 1.82) is 0 Å². The first-order valence-electron chi connectivity index (χ1n) is 10.4. The molecular weight excluding hydrogens is 448 g/mol. The van der Waals surface area contributed by atoms with Crippen molar-refractivity contribution in [1.82, 2.24) is 0 Å². The molecule has 164 valence electrons. The lowest BCUT2D eigenvalue weighted by Crippen LogP contribution is -2.44. The molecule has 0 heterocycles. The van der Waals surface area contributed by atoms with Gasteiger partial charge < -0.3 is 14.3 Å². The van der Waals surface area contributed by atoms with Gasteiger partial charge in [-0.05, 0) is 75.9 Å². The number of hydrogen-bond donors (Lipinski definition) is 1. The number of rotatable bonds is 6. The molecule has 2 unspecified atom stereocenters. The summed E-state index contributed by atoms with van der Waals surface area (Å²) in [5.74, 6) is 1.79. The van der Waals surface area contributed by atoms with E-state index in [9.17, 15) is 9.90 Å². The van der Waals surface area contributed by atoms with Crippen LogP contribution < -0.4 is 9.16 Å². The monoisotopic (exact) mass is 484 g/mol. The second-order valence-corrected chi connectivity index (χ2v) is 16.2. The Labute approximate surface area is 185 Å². The fourth-order valence-electron chi connectivity index (χ4n) is 3.98. The zero-order chi connectivity index (χ0) is 22.2. The van der Waals surface area contributed by atoms with E-state index in [0.717, 1.165) is 28.0 Å². The largest absolute Gasteiger partial charge is 0.543 e. The van der Waals surface area contributed by atoms with Gasteiger partial charge in [0.2, 0.25) is 8.32 Å². The molecule has 1 aromatic rings. The van der Waals surface area contributed by atoms with E-state index in [2.05, 4.69) is 63.6 Å². The van der Waals surface area contributed by atoms with Gasteiger partial charge in [-0.1, -0.05) is 34.6 Å². The average molecular weight is 486 g/mol. The van der Waals surface area contributed by atoms with Crippen molar-refractivity contribution in [2.24, 2.45) is 17.3 Å². The van der Waals surface area contributed by atoms with E-state index in [4.69, 9.17) is 9.16 Å². The van der Waals surface area contributed by atoms with Crippen molar-refractivity contribution in [3.8, 4) is 11.5 Å². The first-order valence-corrected chi connectivity index (χ1v) is 14.1. The highest BCUT2D eigenvalue weighted by Gasteiger charge is 2.43. The molecule has 0 amide bonds. The van der Waals surface area contributed by atoms with Gasteiger partial charge in [-0.2, -0.15) is 0 Å². The van der Waals surface area contributed by atoms with Crippen molar-refractivity contribution in [2.45, 2.75) is 72.0 Å². The number of carbonyl (C=O) groups excluding carboxylic acids is 1. The topological polar surface area (TPSA) is 55.8 Å². The molecule has 1 aromatic carbocycles. The molecule has 0 spiro atoms. The van der Waals surface area contributed by atoms with E-state index in [0.29, 0.717) is 12.8 Å². The molecule has 0 bridgehead atoms. The molecule has 6 heteroatoms. The first kappa shape index (κ1) is 24.4. The fourth-order valence-corrected chi connectivity index (χ4v) is 5.51. The molecule has 0 aliphatic heterocycles. The predicted octanol–water partition coefficient (Wildman–Crippen LogP) is 6.00. The number of halogens is 1. The summed E-state index contributed by atoms with van der Waals surface area (Å²) in [6.07, 6.45) is 1.93. The molecule has 0 aromatic heterocycles. The normalized spacial score (nSPS) is 22.5. The molecule has 1 N–H and O–H groups in total. The maximum absolute atomic E-state index is 13.0. The molecule has 1 saturated carbocycles. The van der Waals surface area contributed by atoms with Crippen molar-refractivity contribution >= 4 is 30.0 Å². The minimum absolute atomic E-state index is 0.0659. The molecular formula is C23H37BrO4Si. The summed E-state index contributed by atoms with van der Waals surface area (Å²) in [4.78, 5) is 13.0. The van der Waals surface area contributed by atoms with Crippen LogP contribution in [0.25, 0.3) is 0 Å². The van der Waals surface area contributed by atoms with E-state index in [1.807, 2.05) is 12.1 Å². The molecule has 2 rings (SSSR count). The third-order valence-corrected chi connectivity index (χ3v) is 11.8. The van der Waals surface area contributed by atoms with Gasteiger partial charge in [-0.3, -0.25) is 4.79 Å². The summed E-state index contributed by atoms with van der Waals surface area (Å²) in [5.41, 5.74) is 0.848. The van der Waals surface area contributed by atoms with Crippen LogP contribution in [0.3, 0.4) is 0 Å². The number of benzene rings is 1. The fraction of sp³-hybridized carbons (Fsp3) is 0.696. The second kappa shape index (κ2) is 8.72. The number of aliphatic hydroxyl groups is 1. The number of Topliss-reactive ketones (excluding diaryl/α,β-unsaturated/α-hetero) is 1. The summed E-state index contributed by atoms with van der Waals surface area (Å²) in [7, 11) is -0.390. The van der Waals surface area contributed by atoms with E-state index in [1.54, 1.807) is 7.11 Å². The van der Waals surface area contributed by atoms with Gasteiger partial charge in [0.25, 0.3) is 0 Å². The average Bonchev–Trinajstić information content (AvgIpc) is 2.57. The number of aliphatic hydroxyl groups excluding tert-OH is 1. The van der Waals surface area contributed by atoms with Crippen molar-refractivity contribution in [3.63, 3.8) is 0 Å². The van der Waals surface area contributed by atoms with Crippen LogP contribution in [0.1, 0.15) is 53.0 Å². The minimum Gasteiger partial charge on any atom is -0.543 e. The lowest BCUT2D eigenvalue weighted by molar-refractivity contribution is -0.132. The SMILES string of the molecule is COc1cc(CC2C(=O)CC(CO)CC2(C)C)c(O[Si](C)(C)C(C)(C)C)cc1Br. The quantitative estimate of drug-likeness (QED) is 0.503. The zero-order valence-corrected chi connectivity index (χ0v) is 21.8. The van der Waals surface area contributed by atoms with Crippen molar-refractivity contribution in [3.05, 3.63) is 22.2 Å². The Bertz CT molecular complexity index is 752. The molecule has 1 fully saturated rings. The third kappa shape index (κ3) is 5.45. The smallest absolute Gasteiger partial charge is 0.250 e. The van der Waals surface area contributed by atoms with Gasteiger partial charge in [0.15, 0.2) is 0 Å². The van der Waals surface area contributed by atoms with Crippen LogP contribution in [0.5, 0.6) is 11.5 Å². The molecule has 1 aliphatic rings. The Morgan fingerprint density at radius 1 is 1.24 bits per heavy atom. The molecule has 29 heavy (non-hydrogen) atoms. The molecule has 0 radical (unpaired) electrons. The van der Waals surface area contributed by atoms with E-state index < -0.39 is 8.32 Å². The second-order valence-electron chi connectivity index (χ2n) is 10.6. The first-order chi connectivity index (χ1) is 13.2. The summed E-state index contributed by atoms with van der Waals surface area (Å²) in [6, 6.07) is 4.00.